The number of amides is 2. The molecule has 0 fully saturated rings. The van der Waals surface area contributed by atoms with E-state index in [9.17, 15) is 9.59 Å². The Morgan fingerprint density at radius 3 is 1.51 bits per heavy atom. The maximum absolute atomic E-state index is 13.1. The van der Waals surface area contributed by atoms with Crippen LogP contribution in [0.2, 0.25) is 0 Å². The van der Waals surface area contributed by atoms with Crippen molar-refractivity contribution in [1.29, 1.82) is 0 Å². The Hall–Kier alpha value is -4.84. The van der Waals surface area contributed by atoms with Gasteiger partial charge in [-0.15, -0.1) is 0 Å². The summed E-state index contributed by atoms with van der Waals surface area (Å²) < 4.78 is 0. The molecule has 0 aliphatic rings. The number of unbranched alkanes of at least 4 members (excludes halogenated alkanes) is 4. The molecule has 0 bridgehead atoms. The van der Waals surface area contributed by atoms with E-state index in [-0.39, 0.29) is 11.8 Å². The number of aryl methyl sites for hydroxylation is 2. The Morgan fingerprint density at radius 2 is 1.05 bits per heavy atom. The molecule has 43 heavy (non-hydrogen) atoms. The summed E-state index contributed by atoms with van der Waals surface area (Å²) in [7, 11) is 0. The van der Waals surface area contributed by atoms with E-state index in [1.165, 1.54) is 0 Å². The van der Waals surface area contributed by atoms with Crippen molar-refractivity contribution in [3.8, 4) is 0 Å². The summed E-state index contributed by atoms with van der Waals surface area (Å²) in [6.45, 7) is 5.10. The van der Waals surface area contributed by atoms with Crippen molar-refractivity contribution in [2.45, 2.75) is 39.5 Å². The molecule has 6 rings (SSSR count). The van der Waals surface area contributed by atoms with Gasteiger partial charge < -0.3 is 10.6 Å². The third kappa shape index (κ3) is 6.05. The highest BCUT2D eigenvalue weighted by atomic mass is 16.2. The van der Waals surface area contributed by atoms with Crippen molar-refractivity contribution in [1.82, 2.24) is 20.6 Å². The zero-order chi connectivity index (χ0) is 29.8. The molecule has 0 atom stereocenters. The fourth-order valence-electron chi connectivity index (χ4n) is 5.68. The number of pyridine rings is 2. The van der Waals surface area contributed by atoms with E-state index in [1.54, 1.807) is 0 Å². The van der Waals surface area contributed by atoms with Gasteiger partial charge in [0.05, 0.1) is 33.2 Å². The van der Waals surface area contributed by atoms with E-state index in [1.807, 2.05) is 86.6 Å². The number of aromatic nitrogens is 2. The number of rotatable bonds is 10. The number of hydrogen-bond donors (Lipinski definition) is 2. The van der Waals surface area contributed by atoms with Gasteiger partial charge in [0.25, 0.3) is 11.8 Å². The topological polar surface area (TPSA) is 84.0 Å². The number of para-hydroxylation sites is 2. The average molecular weight is 568 g/mol. The van der Waals surface area contributed by atoms with E-state index in [2.05, 4.69) is 29.2 Å². The Balaban J connectivity index is 0.960. The number of fused-ring (bicyclic) bond motifs is 4. The first-order valence-corrected chi connectivity index (χ1v) is 15.0. The predicted octanol–water partition coefficient (Wildman–Crippen LogP) is 7.63. The second kappa shape index (κ2) is 12.6. The van der Waals surface area contributed by atoms with Crippen LogP contribution in [-0.4, -0.2) is 34.9 Å². The second-order valence-corrected chi connectivity index (χ2v) is 11.1. The third-order valence-electron chi connectivity index (χ3n) is 7.99. The fraction of sp³-hybridized carbons (Fsp3) is 0.216. The van der Waals surface area contributed by atoms with Crippen LogP contribution in [0.5, 0.6) is 0 Å². The molecule has 2 N–H and O–H groups in total. The van der Waals surface area contributed by atoms with Crippen LogP contribution in [0.1, 0.15) is 57.5 Å². The minimum Gasteiger partial charge on any atom is -0.352 e. The molecule has 0 saturated heterocycles. The molecule has 4 aromatic carbocycles. The van der Waals surface area contributed by atoms with Crippen LogP contribution in [0.15, 0.2) is 84.9 Å². The summed E-state index contributed by atoms with van der Waals surface area (Å²) in [5.74, 6) is -0.167. The first kappa shape index (κ1) is 28.3. The molecule has 0 aliphatic heterocycles. The largest absolute Gasteiger partial charge is 0.352 e. The van der Waals surface area contributed by atoms with Gasteiger partial charge in [-0.1, -0.05) is 60.7 Å². The zero-order valence-electron chi connectivity index (χ0n) is 24.6. The molecule has 1 radical (unpaired) electrons. The normalized spacial score (nSPS) is 11.4. The minimum atomic E-state index is -0.0835. The van der Waals surface area contributed by atoms with Gasteiger partial charge in [-0.2, -0.15) is 0 Å². The summed E-state index contributed by atoms with van der Waals surface area (Å²) in [5, 5.41) is 10.2. The van der Waals surface area contributed by atoms with Gasteiger partial charge in [0.15, 0.2) is 0 Å². The van der Waals surface area contributed by atoms with E-state index >= 15 is 0 Å². The third-order valence-corrected chi connectivity index (χ3v) is 7.99. The number of nitrogens with zero attached hydrogens (tertiary/aromatic N) is 2. The highest BCUT2D eigenvalue weighted by Crippen LogP contribution is 2.26. The van der Waals surface area contributed by atoms with Gasteiger partial charge in [0.2, 0.25) is 0 Å². The van der Waals surface area contributed by atoms with Crippen LogP contribution in [0, 0.1) is 20.3 Å². The summed E-state index contributed by atoms with van der Waals surface area (Å²) in [4.78, 5) is 35.9. The van der Waals surface area contributed by atoms with Gasteiger partial charge in [-0.3, -0.25) is 9.59 Å². The minimum absolute atomic E-state index is 0.0835. The molecule has 2 heterocycles. The molecular formula is C37H35N4O2. The Labute approximate surface area is 251 Å². The van der Waals surface area contributed by atoms with E-state index in [0.29, 0.717) is 24.2 Å². The van der Waals surface area contributed by atoms with Crippen LogP contribution in [0.4, 0.5) is 0 Å². The molecule has 0 spiro atoms. The standard InChI is InChI=1S/C37H35N4O2/c1-24-16-18-28-22-26-12-6-8-14-30(26)40-34(28)32(24)36(42)38-20-10-4-3-5-11-21-39-37(43)33-25(2)17-19-29-23-27-13-7-9-15-31(27)41-35(29)33/h3,6-9,12-19,22-23H,4-5,10-11,20-21H2,1-2H3,(H,38,42)(H,39,43). The smallest absolute Gasteiger partial charge is 0.253 e. The van der Waals surface area contributed by atoms with Crippen molar-refractivity contribution < 1.29 is 9.59 Å². The van der Waals surface area contributed by atoms with Crippen molar-refractivity contribution in [3.63, 3.8) is 0 Å². The Morgan fingerprint density at radius 1 is 0.605 bits per heavy atom. The molecule has 6 nitrogen and oxygen atoms in total. The van der Waals surface area contributed by atoms with E-state index < -0.39 is 0 Å². The van der Waals surface area contributed by atoms with Gasteiger partial charge in [-0.25, -0.2) is 9.97 Å². The lowest BCUT2D eigenvalue weighted by atomic mass is 10.0. The van der Waals surface area contributed by atoms with E-state index in [4.69, 9.17) is 9.97 Å². The summed E-state index contributed by atoms with van der Waals surface area (Å²) in [5.41, 5.74) is 6.39. The van der Waals surface area contributed by atoms with Gasteiger partial charge in [-0.05, 0) is 81.3 Å². The number of carbonyl (C=O) groups is 2. The molecule has 0 unspecified atom stereocenters. The second-order valence-electron chi connectivity index (χ2n) is 11.1. The molecule has 0 aliphatic carbocycles. The average Bonchev–Trinajstić information content (AvgIpc) is 3.01. The SMILES string of the molecule is Cc1ccc2cc3ccccc3nc2c1C(=O)NCCC[CH]CCCNC(=O)c1c(C)ccc2cc3ccccc3nc12. The highest BCUT2D eigenvalue weighted by molar-refractivity contribution is 6.10. The fourth-order valence-corrected chi connectivity index (χ4v) is 5.68. The first-order valence-electron chi connectivity index (χ1n) is 15.0. The quantitative estimate of drug-likeness (QED) is 0.132. The molecule has 215 valence electrons. The molecule has 6 heteroatoms. The summed E-state index contributed by atoms with van der Waals surface area (Å²) in [6.07, 6.45) is 5.72. The lowest BCUT2D eigenvalue weighted by Crippen LogP contribution is -2.26. The molecule has 0 saturated carbocycles. The van der Waals surface area contributed by atoms with E-state index in [0.717, 1.165) is 80.4 Å². The highest BCUT2D eigenvalue weighted by Gasteiger charge is 2.16. The maximum Gasteiger partial charge on any atom is 0.253 e. The predicted molar refractivity (Wildman–Crippen MR) is 175 cm³/mol. The Bertz CT molecular complexity index is 1840. The van der Waals surface area contributed by atoms with Crippen LogP contribution in [0.25, 0.3) is 43.6 Å². The lowest BCUT2D eigenvalue weighted by Gasteiger charge is -2.12. The van der Waals surface area contributed by atoms with Gasteiger partial charge in [0.1, 0.15) is 0 Å². The van der Waals surface area contributed by atoms with Crippen LogP contribution < -0.4 is 10.6 Å². The monoisotopic (exact) mass is 567 g/mol. The number of carbonyl (C=O) groups excluding carboxylic acids is 2. The Kier molecular flexibility index (Phi) is 8.27. The van der Waals surface area contributed by atoms with Crippen molar-refractivity contribution >= 4 is 55.4 Å². The maximum atomic E-state index is 13.1. The molecule has 2 aromatic heterocycles. The van der Waals surface area contributed by atoms with Crippen LogP contribution in [0.3, 0.4) is 0 Å². The van der Waals surface area contributed by atoms with Crippen LogP contribution >= 0.6 is 0 Å². The summed E-state index contributed by atoms with van der Waals surface area (Å²) >= 11 is 0. The number of nitrogens with one attached hydrogen (secondary N) is 2. The van der Waals surface area contributed by atoms with Gasteiger partial charge in [0, 0.05) is 34.6 Å². The summed E-state index contributed by atoms with van der Waals surface area (Å²) in [6, 6.07) is 28.2. The zero-order valence-corrected chi connectivity index (χ0v) is 24.6. The van der Waals surface area contributed by atoms with Crippen molar-refractivity contribution in [3.05, 3.63) is 114 Å². The number of hydrogen-bond acceptors (Lipinski definition) is 4. The van der Waals surface area contributed by atoms with Gasteiger partial charge >= 0.3 is 0 Å². The molecule has 2 amide bonds. The van der Waals surface area contributed by atoms with Crippen molar-refractivity contribution in [2.75, 3.05) is 13.1 Å². The molecule has 6 aromatic rings. The first-order chi connectivity index (χ1) is 21.0. The number of benzene rings is 4. The van der Waals surface area contributed by atoms with Crippen molar-refractivity contribution in [2.24, 2.45) is 0 Å². The van der Waals surface area contributed by atoms with Crippen LogP contribution in [-0.2, 0) is 0 Å². The molecular weight excluding hydrogens is 532 g/mol. The lowest BCUT2D eigenvalue weighted by molar-refractivity contribution is 0.0946.